The zero-order valence-electron chi connectivity index (χ0n) is 10.9. The van der Waals surface area contributed by atoms with Crippen LogP contribution in [0, 0.1) is 23.0 Å². The van der Waals surface area contributed by atoms with E-state index in [0.29, 0.717) is 35.3 Å². The van der Waals surface area contributed by atoms with E-state index in [1.165, 1.54) is 0 Å². The summed E-state index contributed by atoms with van der Waals surface area (Å²) in [6.45, 7) is 0. The third kappa shape index (κ3) is 2.46. The summed E-state index contributed by atoms with van der Waals surface area (Å²) < 4.78 is 31.9. The summed E-state index contributed by atoms with van der Waals surface area (Å²) >= 11 is 0. The van der Waals surface area contributed by atoms with Gasteiger partial charge in [-0.25, -0.2) is 8.78 Å². The predicted octanol–water partition coefficient (Wildman–Crippen LogP) is 3.61. The quantitative estimate of drug-likeness (QED) is 0.918. The fourth-order valence-electron chi connectivity index (χ4n) is 2.62. The van der Waals surface area contributed by atoms with Gasteiger partial charge in [-0.1, -0.05) is 0 Å². The molecule has 2 aromatic carbocycles. The Morgan fingerprint density at radius 3 is 2.57 bits per heavy atom. The molecule has 2 aromatic rings. The average molecular weight is 287 g/mol. The molecule has 0 saturated heterocycles. The molecule has 1 aliphatic carbocycles. The smallest absolute Gasteiger partial charge is 0.133 e. The number of nitriles is 1. The highest BCUT2D eigenvalue weighted by molar-refractivity contribution is 5.54. The van der Waals surface area contributed by atoms with Gasteiger partial charge in [-0.3, -0.25) is 0 Å². The lowest BCUT2D eigenvalue weighted by atomic mass is 10.0. The largest absolute Gasteiger partial charge is 0.457 e. The molecule has 0 saturated carbocycles. The maximum absolute atomic E-state index is 13.2. The predicted molar refractivity (Wildman–Crippen MR) is 70.9 cm³/mol. The second kappa shape index (κ2) is 5.15. The van der Waals surface area contributed by atoms with Crippen molar-refractivity contribution in [1.29, 1.82) is 5.26 Å². The van der Waals surface area contributed by atoms with Crippen molar-refractivity contribution in [2.45, 2.75) is 18.9 Å². The number of halogens is 2. The van der Waals surface area contributed by atoms with Gasteiger partial charge in [0.25, 0.3) is 0 Å². The van der Waals surface area contributed by atoms with Gasteiger partial charge in [0.1, 0.15) is 23.1 Å². The number of aliphatic hydroxyl groups is 1. The van der Waals surface area contributed by atoms with Crippen molar-refractivity contribution in [1.82, 2.24) is 0 Å². The van der Waals surface area contributed by atoms with E-state index in [-0.39, 0.29) is 5.75 Å². The first-order chi connectivity index (χ1) is 10.1. The Kier molecular flexibility index (Phi) is 3.32. The SMILES string of the molecule is N#Cc1ccc(Oc2cc(F)cc(F)c2)c2c1[C@H](O)CC2. The summed E-state index contributed by atoms with van der Waals surface area (Å²) in [6, 6.07) is 8.08. The summed E-state index contributed by atoms with van der Waals surface area (Å²) in [5, 5.41) is 19.0. The Morgan fingerprint density at radius 2 is 1.90 bits per heavy atom. The van der Waals surface area contributed by atoms with Crippen molar-refractivity contribution in [2.24, 2.45) is 0 Å². The minimum absolute atomic E-state index is 0.0424. The van der Waals surface area contributed by atoms with Gasteiger partial charge < -0.3 is 9.84 Å². The Bertz CT molecular complexity index is 732. The number of ether oxygens (including phenoxy) is 1. The number of fused-ring (bicyclic) bond motifs is 1. The van der Waals surface area contributed by atoms with Crippen molar-refractivity contribution in [3.8, 4) is 17.6 Å². The monoisotopic (exact) mass is 287 g/mol. The van der Waals surface area contributed by atoms with Gasteiger partial charge in [0.15, 0.2) is 0 Å². The summed E-state index contributed by atoms with van der Waals surface area (Å²) in [6.07, 6.45) is 0.351. The Hall–Kier alpha value is -2.45. The number of rotatable bonds is 2. The summed E-state index contributed by atoms with van der Waals surface area (Å²) in [4.78, 5) is 0. The zero-order chi connectivity index (χ0) is 15.0. The molecule has 0 bridgehead atoms. The van der Waals surface area contributed by atoms with E-state index in [1.807, 2.05) is 6.07 Å². The van der Waals surface area contributed by atoms with Crippen molar-refractivity contribution in [3.05, 3.63) is 58.7 Å². The van der Waals surface area contributed by atoms with E-state index in [2.05, 4.69) is 0 Å². The number of aliphatic hydroxyl groups excluding tert-OH is 1. The van der Waals surface area contributed by atoms with Gasteiger partial charge in [0, 0.05) is 29.3 Å². The van der Waals surface area contributed by atoms with Crippen LogP contribution in [0.15, 0.2) is 30.3 Å². The van der Waals surface area contributed by atoms with E-state index >= 15 is 0 Å². The molecule has 1 N–H and O–H groups in total. The topological polar surface area (TPSA) is 53.2 Å². The van der Waals surface area contributed by atoms with Gasteiger partial charge >= 0.3 is 0 Å². The molecule has 5 heteroatoms. The van der Waals surface area contributed by atoms with Gasteiger partial charge in [-0.15, -0.1) is 0 Å². The average Bonchev–Trinajstić information content (AvgIpc) is 2.81. The molecule has 0 amide bonds. The molecular weight excluding hydrogens is 276 g/mol. The number of nitrogens with zero attached hydrogens (tertiary/aromatic N) is 1. The summed E-state index contributed by atoms with van der Waals surface area (Å²) in [5.41, 5.74) is 1.66. The van der Waals surface area contributed by atoms with Gasteiger partial charge in [-0.05, 0) is 25.0 Å². The van der Waals surface area contributed by atoms with E-state index in [9.17, 15) is 13.9 Å². The molecule has 0 unspecified atom stereocenters. The second-order valence-electron chi connectivity index (χ2n) is 4.88. The third-order valence-corrected chi connectivity index (χ3v) is 3.50. The standard InChI is InChI=1S/C16H11F2NO2/c17-10-5-11(18)7-12(6-10)21-15-4-1-9(8-19)16-13(15)2-3-14(16)20/h1,4-7,14,20H,2-3H2/t14-/m1/s1. The van der Waals surface area contributed by atoms with Crippen LogP contribution in [0.1, 0.15) is 29.2 Å². The van der Waals surface area contributed by atoms with Gasteiger partial charge in [0.2, 0.25) is 0 Å². The van der Waals surface area contributed by atoms with E-state index in [0.717, 1.165) is 18.2 Å². The molecule has 0 aromatic heterocycles. The van der Waals surface area contributed by atoms with Crippen LogP contribution in [0.4, 0.5) is 8.78 Å². The van der Waals surface area contributed by atoms with Crippen molar-refractivity contribution in [3.63, 3.8) is 0 Å². The van der Waals surface area contributed by atoms with Crippen molar-refractivity contribution >= 4 is 0 Å². The van der Waals surface area contributed by atoms with Crippen LogP contribution in [0.2, 0.25) is 0 Å². The molecule has 106 valence electrons. The number of hydrogen-bond donors (Lipinski definition) is 1. The highest BCUT2D eigenvalue weighted by Crippen LogP contribution is 2.40. The molecule has 0 radical (unpaired) electrons. The van der Waals surface area contributed by atoms with Crippen LogP contribution in [-0.2, 0) is 6.42 Å². The molecule has 1 aliphatic rings. The lowest BCUT2D eigenvalue weighted by Gasteiger charge is -2.12. The van der Waals surface area contributed by atoms with Crippen LogP contribution < -0.4 is 4.74 Å². The maximum atomic E-state index is 13.2. The molecule has 3 rings (SSSR count). The molecular formula is C16H11F2NO2. The minimum atomic E-state index is -0.727. The molecule has 0 spiro atoms. The van der Waals surface area contributed by atoms with Crippen LogP contribution in [0.3, 0.4) is 0 Å². The first kappa shape index (κ1) is 13.5. The zero-order valence-corrected chi connectivity index (χ0v) is 10.9. The fraction of sp³-hybridized carbons (Fsp3) is 0.188. The first-order valence-corrected chi connectivity index (χ1v) is 6.46. The Labute approximate surface area is 120 Å². The third-order valence-electron chi connectivity index (χ3n) is 3.50. The molecule has 3 nitrogen and oxygen atoms in total. The van der Waals surface area contributed by atoms with Crippen LogP contribution >= 0.6 is 0 Å². The molecule has 0 heterocycles. The van der Waals surface area contributed by atoms with Gasteiger partial charge in [-0.2, -0.15) is 5.26 Å². The lowest BCUT2D eigenvalue weighted by molar-refractivity contribution is 0.179. The molecule has 1 atom stereocenters. The lowest BCUT2D eigenvalue weighted by Crippen LogP contribution is -1.97. The molecule has 0 fully saturated rings. The minimum Gasteiger partial charge on any atom is -0.457 e. The Balaban J connectivity index is 2.03. The van der Waals surface area contributed by atoms with Crippen LogP contribution in [0.5, 0.6) is 11.5 Å². The van der Waals surface area contributed by atoms with E-state index < -0.39 is 17.7 Å². The maximum Gasteiger partial charge on any atom is 0.133 e. The molecule has 0 aliphatic heterocycles. The number of benzene rings is 2. The first-order valence-electron chi connectivity index (χ1n) is 6.46. The van der Waals surface area contributed by atoms with Crippen LogP contribution in [-0.4, -0.2) is 5.11 Å². The summed E-state index contributed by atoms with van der Waals surface area (Å²) in [7, 11) is 0. The van der Waals surface area contributed by atoms with Gasteiger partial charge in [0.05, 0.1) is 17.7 Å². The van der Waals surface area contributed by atoms with Crippen molar-refractivity contribution < 1.29 is 18.6 Å². The second-order valence-corrected chi connectivity index (χ2v) is 4.88. The van der Waals surface area contributed by atoms with Crippen molar-refractivity contribution in [2.75, 3.05) is 0 Å². The fourth-order valence-corrected chi connectivity index (χ4v) is 2.62. The molecule has 21 heavy (non-hydrogen) atoms. The van der Waals surface area contributed by atoms with E-state index in [4.69, 9.17) is 10.00 Å². The highest BCUT2D eigenvalue weighted by atomic mass is 19.1. The number of hydrogen-bond acceptors (Lipinski definition) is 3. The Morgan fingerprint density at radius 1 is 1.19 bits per heavy atom. The van der Waals surface area contributed by atoms with E-state index in [1.54, 1.807) is 12.1 Å². The highest BCUT2D eigenvalue weighted by Gasteiger charge is 2.27. The summed E-state index contributed by atoms with van der Waals surface area (Å²) in [5.74, 6) is -1.00. The normalized spacial score (nSPS) is 16.4. The van der Waals surface area contributed by atoms with Crippen LogP contribution in [0.25, 0.3) is 0 Å².